The number of aromatic hydroxyl groups is 1. The molecule has 0 unspecified atom stereocenters. The Hall–Kier alpha value is -1.97. The molecule has 1 heterocycles. The molecule has 0 fully saturated rings. The summed E-state index contributed by atoms with van der Waals surface area (Å²) in [5, 5.41) is 9.00. The summed E-state index contributed by atoms with van der Waals surface area (Å²) in [7, 11) is 0. The Bertz CT molecular complexity index is 491. The fourth-order valence-electron chi connectivity index (χ4n) is 1.44. The summed E-state index contributed by atoms with van der Waals surface area (Å²) < 4.78 is 27.0. The molecule has 0 saturated carbocycles. The van der Waals surface area contributed by atoms with Gasteiger partial charge in [0.25, 0.3) is 0 Å². The highest BCUT2D eigenvalue weighted by molar-refractivity contribution is 5.61. The number of pyridine rings is 1. The molecular weight excluding hydrogens is 212 g/mol. The molecule has 2 rings (SSSR count). The van der Waals surface area contributed by atoms with Crippen molar-refractivity contribution in [1.29, 1.82) is 0 Å². The van der Waals surface area contributed by atoms with Crippen molar-refractivity contribution in [3.05, 3.63) is 47.7 Å². The van der Waals surface area contributed by atoms with E-state index in [4.69, 9.17) is 5.11 Å². The van der Waals surface area contributed by atoms with Crippen molar-refractivity contribution in [2.24, 2.45) is 0 Å². The molecule has 1 N–H and O–H groups in total. The maximum Gasteiger partial charge on any atom is 0.153 e. The van der Waals surface area contributed by atoms with E-state index in [0.29, 0.717) is 0 Å². The molecule has 82 valence electrons. The van der Waals surface area contributed by atoms with Crippen molar-refractivity contribution >= 4 is 0 Å². The summed E-state index contributed by atoms with van der Waals surface area (Å²) in [5.74, 6) is -1.56. The zero-order valence-electron chi connectivity index (χ0n) is 8.54. The monoisotopic (exact) mass is 221 g/mol. The summed E-state index contributed by atoms with van der Waals surface area (Å²) in [4.78, 5) is 3.67. The lowest BCUT2D eigenvalue weighted by atomic mass is 10.1. The molecule has 0 spiro atoms. The van der Waals surface area contributed by atoms with Gasteiger partial charge >= 0.3 is 0 Å². The molecule has 0 atom stereocenters. The van der Waals surface area contributed by atoms with E-state index >= 15 is 0 Å². The van der Waals surface area contributed by atoms with E-state index in [1.54, 1.807) is 13.0 Å². The Morgan fingerprint density at radius 1 is 1.12 bits per heavy atom. The third-order valence-electron chi connectivity index (χ3n) is 2.21. The van der Waals surface area contributed by atoms with Crippen molar-refractivity contribution in [3.8, 4) is 17.0 Å². The number of aromatic nitrogens is 1. The molecule has 0 aliphatic carbocycles. The van der Waals surface area contributed by atoms with E-state index in [1.165, 1.54) is 12.1 Å². The number of halogens is 2. The normalized spacial score (nSPS) is 10.4. The van der Waals surface area contributed by atoms with Crippen LogP contribution in [-0.4, -0.2) is 10.1 Å². The summed E-state index contributed by atoms with van der Waals surface area (Å²) >= 11 is 0. The minimum atomic E-state index is -0.747. The molecule has 0 bridgehead atoms. The van der Waals surface area contributed by atoms with Gasteiger partial charge in [-0.05, 0) is 24.6 Å². The number of rotatable bonds is 1. The van der Waals surface area contributed by atoms with Crippen molar-refractivity contribution in [3.63, 3.8) is 0 Å². The third kappa shape index (κ3) is 1.86. The van der Waals surface area contributed by atoms with Gasteiger partial charge in [-0.2, -0.15) is 0 Å². The smallest absolute Gasteiger partial charge is 0.153 e. The van der Waals surface area contributed by atoms with Gasteiger partial charge in [0.2, 0.25) is 0 Å². The summed E-state index contributed by atoms with van der Waals surface area (Å²) in [6, 6.07) is 5.35. The van der Waals surface area contributed by atoms with Crippen LogP contribution in [0.2, 0.25) is 0 Å². The van der Waals surface area contributed by atoms with Gasteiger partial charge in [-0.3, -0.25) is 0 Å². The maximum absolute atomic E-state index is 13.5. The lowest BCUT2D eigenvalue weighted by Gasteiger charge is -2.05. The van der Waals surface area contributed by atoms with Gasteiger partial charge in [-0.1, -0.05) is 6.07 Å². The van der Waals surface area contributed by atoms with Gasteiger partial charge in [0.1, 0.15) is 17.3 Å². The van der Waals surface area contributed by atoms with Crippen molar-refractivity contribution in [2.75, 3.05) is 0 Å². The number of benzene rings is 1. The average molecular weight is 221 g/mol. The minimum Gasteiger partial charge on any atom is -0.506 e. The second-order valence-electron chi connectivity index (χ2n) is 3.51. The van der Waals surface area contributed by atoms with E-state index in [1.807, 2.05) is 0 Å². The first-order valence-electron chi connectivity index (χ1n) is 4.69. The largest absolute Gasteiger partial charge is 0.506 e. The topological polar surface area (TPSA) is 33.1 Å². The van der Waals surface area contributed by atoms with Crippen LogP contribution in [0, 0.1) is 18.6 Å². The average Bonchev–Trinajstić information content (AvgIpc) is 2.19. The van der Waals surface area contributed by atoms with Crippen LogP contribution in [0.5, 0.6) is 5.75 Å². The highest BCUT2D eigenvalue weighted by atomic mass is 19.1. The van der Waals surface area contributed by atoms with Crippen LogP contribution in [0.1, 0.15) is 5.56 Å². The van der Waals surface area contributed by atoms with Crippen LogP contribution in [0.15, 0.2) is 30.5 Å². The summed E-state index contributed by atoms with van der Waals surface area (Å²) in [6.45, 7) is 1.74. The molecule has 0 radical (unpaired) electrons. The Labute approximate surface area is 91.2 Å². The zero-order chi connectivity index (χ0) is 11.7. The number of hydrogen-bond donors (Lipinski definition) is 1. The van der Waals surface area contributed by atoms with Crippen LogP contribution in [0.25, 0.3) is 11.3 Å². The van der Waals surface area contributed by atoms with Gasteiger partial charge in [0.15, 0.2) is 5.82 Å². The SMILES string of the molecule is Cc1ccc(-c2ncc(O)cc2F)c(F)c1. The molecule has 0 aliphatic heterocycles. The molecule has 2 aromatic rings. The third-order valence-corrected chi connectivity index (χ3v) is 2.21. The lowest BCUT2D eigenvalue weighted by molar-refractivity contribution is 0.465. The fourth-order valence-corrected chi connectivity index (χ4v) is 1.44. The van der Waals surface area contributed by atoms with E-state index < -0.39 is 11.6 Å². The van der Waals surface area contributed by atoms with Crippen LogP contribution in [0.4, 0.5) is 8.78 Å². The van der Waals surface area contributed by atoms with Crippen LogP contribution in [0.3, 0.4) is 0 Å². The first-order valence-corrected chi connectivity index (χ1v) is 4.69. The van der Waals surface area contributed by atoms with Gasteiger partial charge in [-0.15, -0.1) is 0 Å². The molecule has 1 aromatic heterocycles. The highest BCUT2D eigenvalue weighted by Gasteiger charge is 2.12. The molecule has 0 saturated heterocycles. The predicted molar refractivity (Wildman–Crippen MR) is 56.0 cm³/mol. The summed E-state index contributed by atoms with van der Waals surface area (Å²) in [6.07, 6.45) is 1.08. The van der Waals surface area contributed by atoms with Gasteiger partial charge in [0, 0.05) is 11.6 Å². The minimum absolute atomic E-state index is 0.0862. The highest BCUT2D eigenvalue weighted by Crippen LogP contribution is 2.25. The first kappa shape index (κ1) is 10.5. The first-order chi connectivity index (χ1) is 7.58. The Kier molecular flexibility index (Phi) is 2.56. The number of hydrogen-bond acceptors (Lipinski definition) is 2. The molecule has 0 amide bonds. The van der Waals surface area contributed by atoms with E-state index in [9.17, 15) is 8.78 Å². The maximum atomic E-state index is 13.5. The quantitative estimate of drug-likeness (QED) is 0.802. The second kappa shape index (κ2) is 3.89. The molecule has 16 heavy (non-hydrogen) atoms. The van der Waals surface area contributed by atoms with E-state index in [0.717, 1.165) is 17.8 Å². The van der Waals surface area contributed by atoms with Gasteiger partial charge in [-0.25, -0.2) is 13.8 Å². The molecule has 2 nitrogen and oxygen atoms in total. The Morgan fingerprint density at radius 2 is 1.88 bits per heavy atom. The van der Waals surface area contributed by atoms with Crippen LogP contribution in [-0.2, 0) is 0 Å². The van der Waals surface area contributed by atoms with E-state index in [2.05, 4.69) is 4.98 Å². The molecule has 4 heteroatoms. The Balaban J connectivity index is 2.59. The number of nitrogens with zero attached hydrogens (tertiary/aromatic N) is 1. The second-order valence-corrected chi connectivity index (χ2v) is 3.51. The van der Waals surface area contributed by atoms with Crippen molar-refractivity contribution in [1.82, 2.24) is 4.98 Å². The fraction of sp³-hybridized carbons (Fsp3) is 0.0833. The van der Waals surface area contributed by atoms with Crippen molar-refractivity contribution in [2.45, 2.75) is 6.92 Å². The summed E-state index contributed by atoms with van der Waals surface area (Å²) in [5.41, 5.74) is 0.735. The molecular formula is C12H9F2NO. The zero-order valence-corrected chi connectivity index (χ0v) is 8.54. The lowest BCUT2D eigenvalue weighted by Crippen LogP contribution is -1.92. The Morgan fingerprint density at radius 3 is 2.50 bits per heavy atom. The van der Waals surface area contributed by atoms with Gasteiger partial charge < -0.3 is 5.11 Å². The molecule has 0 aliphatic rings. The van der Waals surface area contributed by atoms with Crippen LogP contribution >= 0.6 is 0 Å². The predicted octanol–water partition coefficient (Wildman–Crippen LogP) is 3.04. The molecule has 1 aromatic carbocycles. The van der Waals surface area contributed by atoms with E-state index in [-0.39, 0.29) is 17.0 Å². The van der Waals surface area contributed by atoms with Crippen molar-refractivity contribution < 1.29 is 13.9 Å². The standard InChI is InChI=1S/C12H9F2NO/c1-7-2-3-9(10(13)4-7)12-11(14)5-8(16)6-15-12/h2-6,16H,1H3. The van der Waals surface area contributed by atoms with Gasteiger partial charge in [0.05, 0.1) is 6.20 Å². The number of aryl methyl sites for hydroxylation is 1. The van der Waals surface area contributed by atoms with Crippen LogP contribution < -0.4 is 0 Å².